The summed E-state index contributed by atoms with van der Waals surface area (Å²) >= 11 is 0. The Labute approximate surface area is 118 Å². The molecule has 0 spiro atoms. The standard InChI is InChI=1S/C14H14.2CNO/c1-12(13-8-4-2-5-9-13)14-10-6-3-7-11-14;2*2-1-3/h2-12H,1H3;;/q;2*-1. The van der Waals surface area contributed by atoms with Gasteiger partial charge in [0.05, 0.1) is 0 Å². The van der Waals surface area contributed by atoms with Crippen LogP contribution in [0.3, 0.4) is 0 Å². The van der Waals surface area contributed by atoms with Crippen LogP contribution in [0.15, 0.2) is 60.7 Å². The Balaban J connectivity index is 0.000000520. The van der Waals surface area contributed by atoms with E-state index in [1.54, 1.807) is 0 Å². The number of nitrogens with zero attached hydrogens (tertiary/aromatic N) is 2. The second-order valence-corrected chi connectivity index (χ2v) is 3.73. The molecule has 0 aliphatic carbocycles. The molecular formula is C16H14N2O2-2. The molecule has 0 heterocycles. The molecule has 0 bridgehead atoms. The maximum Gasteiger partial charge on any atom is 0.00610 e. The number of hydrogen-bond donors (Lipinski definition) is 0. The van der Waals surface area contributed by atoms with Crippen molar-refractivity contribution in [2.24, 2.45) is 0 Å². The van der Waals surface area contributed by atoms with Crippen molar-refractivity contribution in [1.82, 2.24) is 0 Å². The average Bonchev–Trinajstić information content (AvgIpc) is 2.50. The molecular weight excluding hydrogens is 252 g/mol. The lowest BCUT2D eigenvalue weighted by Gasteiger charge is -2.11. The van der Waals surface area contributed by atoms with E-state index in [0.29, 0.717) is 18.1 Å². The molecule has 4 heteroatoms. The first-order valence-corrected chi connectivity index (χ1v) is 5.83. The fourth-order valence-electron chi connectivity index (χ4n) is 1.68. The zero-order chi connectivity index (χ0) is 15.2. The summed E-state index contributed by atoms with van der Waals surface area (Å²) in [4.78, 5) is 16.5. The average molecular weight is 266 g/mol. The van der Waals surface area contributed by atoms with E-state index >= 15 is 0 Å². The molecule has 0 aliphatic heterocycles. The molecule has 0 amide bonds. The second kappa shape index (κ2) is 11.3. The van der Waals surface area contributed by atoms with Crippen molar-refractivity contribution in [3.05, 3.63) is 82.6 Å². The lowest BCUT2D eigenvalue weighted by Crippen LogP contribution is -1.94. The van der Waals surface area contributed by atoms with E-state index < -0.39 is 0 Å². The van der Waals surface area contributed by atoms with E-state index in [-0.39, 0.29) is 0 Å². The van der Waals surface area contributed by atoms with Gasteiger partial charge in [0.15, 0.2) is 0 Å². The number of isocyanates is 2. The number of rotatable bonds is 2. The predicted octanol–water partition coefficient (Wildman–Crippen LogP) is 3.62. The van der Waals surface area contributed by atoms with Crippen LogP contribution >= 0.6 is 0 Å². The normalized spacial score (nSPS) is 8.10. The number of benzene rings is 2. The van der Waals surface area contributed by atoms with Crippen molar-refractivity contribution in [2.45, 2.75) is 12.8 Å². The summed E-state index contributed by atoms with van der Waals surface area (Å²) in [5.74, 6) is 0.484. The van der Waals surface area contributed by atoms with E-state index in [1.807, 2.05) is 0 Å². The Hall–Kier alpha value is -2.80. The second-order valence-electron chi connectivity index (χ2n) is 3.73. The third-order valence-electron chi connectivity index (χ3n) is 2.60. The smallest absolute Gasteiger partial charge is 0.00610 e. The first kappa shape index (κ1) is 17.2. The monoisotopic (exact) mass is 266 g/mol. The van der Waals surface area contributed by atoms with Crippen LogP contribution in [-0.4, -0.2) is 12.2 Å². The van der Waals surface area contributed by atoms with Gasteiger partial charge in [-0.15, -0.1) is 0 Å². The van der Waals surface area contributed by atoms with Gasteiger partial charge in [0.1, 0.15) is 0 Å². The maximum absolute atomic E-state index is 8.24. The quantitative estimate of drug-likeness (QED) is 0.614. The van der Waals surface area contributed by atoms with Crippen LogP contribution in [0.5, 0.6) is 0 Å². The predicted molar refractivity (Wildman–Crippen MR) is 78.5 cm³/mol. The van der Waals surface area contributed by atoms with Gasteiger partial charge in [0.2, 0.25) is 0 Å². The van der Waals surface area contributed by atoms with Crippen LogP contribution in [0.1, 0.15) is 24.0 Å². The zero-order valence-corrected chi connectivity index (χ0v) is 11.1. The lowest BCUT2D eigenvalue weighted by atomic mass is 9.93. The Bertz CT molecular complexity index is 490. The van der Waals surface area contributed by atoms with Crippen molar-refractivity contribution in [1.29, 1.82) is 0 Å². The van der Waals surface area contributed by atoms with Crippen LogP contribution < -0.4 is 0 Å². The molecule has 4 nitrogen and oxygen atoms in total. The molecule has 0 saturated carbocycles. The van der Waals surface area contributed by atoms with Gasteiger partial charge in [-0.05, 0) is 23.3 Å². The molecule has 20 heavy (non-hydrogen) atoms. The highest BCUT2D eigenvalue weighted by atomic mass is 16.1. The molecule has 0 unspecified atom stereocenters. The Morgan fingerprint density at radius 3 is 1.25 bits per heavy atom. The van der Waals surface area contributed by atoms with Gasteiger partial charge < -0.3 is 10.8 Å². The summed E-state index contributed by atoms with van der Waals surface area (Å²) in [6, 6.07) is 21.2. The molecule has 2 rings (SSSR count). The maximum atomic E-state index is 8.24. The van der Waals surface area contributed by atoms with Gasteiger partial charge in [0.25, 0.3) is 0 Å². The van der Waals surface area contributed by atoms with Crippen molar-refractivity contribution in [3.63, 3.8) is 0 Å². The molecule has 102 valence electrons. The summed E-state index contributed by atoms with van der Waals surface area (Å²) in [5.41, 5.74) is 2.75. The third kappa shape index (κ3) is 6.82. The summed E-state index contributed by atoms with van der Waals surface area (Å²) in [7, 11) is 0. The first-order chi connectivity index (χ1) is 9.71. The largest absolute Gasteiger partial charge is 0.724 e. The molecule has 0 fully saturated rings. The number of hydrogen-bond acceptors (Lipinski definition) is 2. The zero-order valence-electron chi connectivity index (χ0n) is 11.1. The topological polar surface area (TPSA) is 78.7 Å². The number of carbonyl (C=O) groups excluding carboxylic acids is 2. The van der Waals surface area contributed by atoms with Crippen molar-refractivity contribution in [2.75, 3.05) is 0 Å². The van der Waals surface area contributed by atoms with E-state index in [4.69, 9.17) is 20.4 Å². The van der Waals surface area contributed by atoms with E-state index in [9.17, 15) is 0 Å². The van der Waals surface area contributed by atoms with Crippen LogP contribution in [0.25, 0.3) is 10.8 Å². The summed E-state index contributed by atoms with van der Waals surface area (Å²) < 4.78 is 0. The highest BCUT2D eigenvalue weighted by molar-refractivity contribution is 5.37. The van der Waals surface area contributed by atoms with Crippen molar-refractivity contribution >= 4 is 12.2 Å². The van der Waals surface area contributed by atoms with Gasteiger partial charge >= 0.3 is 0 Å². The molecule has 0 N–H and O–H groups in total. The van der Waals surface area contributed by atoms with Gasteiger partial charge in [-0.3, -0.25) is 9.59 Å². The highest BCUT2D eigenvalue weighted by Gasteiger charge is 2.05. The molecule has 0 saturated heterocycles. The Kier molecular flexibility index (Phi) is 9.72. The molecule has 0 aliphatic rings. The van der Waals surface area contributed by atoms with Gasteiger partial charge in [-0.25, -0.2) is 0 Å². The molecule has 0 aromatic heterocycles. The van der Waals surface area contributed by atoms with Crippen LogP contribution in [-0.2, 0) is 9.59 Å². The van der Waals surface area contributed by atoms with Gasteiger partial charge in [0, 0.05) is 5.92 Å². The Morgan fingerprint density at radius 2 is 1.00 bits per heavy atom. The molecule has 2 aromatic rings. The SMILES string of the molecule is CC(c1ccccc1)c1ccccc1.[N-]=C=O.[N-]=C=O. The van der Waals surface area contributed by atoms with Gasteiger partial charge in [-0.1, -0.05) is 67.6 Å². The van der Waals surface area contributed by atoms with E-state index in [1.165, 1.54) is 11.1 Å². The minimum atomic E-state index is 0.484. The van der Waals surface area contributed by atoms with Gasteiger partial charge in [-0.2, -0.15) is 0 Å². The summed E-state index contributed by atoms with van der Waals surface area (Å²) in [5, 5.41) is 13.5. The lowest BCUT2D eigenvalue weighted by molar-refractivity contribution is 0.568. The van der Waals surface area contributed by atoms with E-state index in [0.717, 1.165) is 0 Å². The fraction of sp³-hybridized carbons (Fsp3) is 0.125. The van der Waals surface area contributed by atoms with Crippen molar-refractivity contribution in [3.8, 4) is 0 Å². The van der Waals surface area contributed by atoms with Crippen molar-refractivity contribution < 1.29 is 9.59 Å². The molecule has 2 aromatic carbocycles. The third-order valence-corrected chi connectivity index (χ3v) is 2.60. The van der Waals surface area contributed by atoms with E-state index in [2.05, 4.69) is 67.6 Å². The molecule has 0 radical (unpaired) electrons. The van der Waals surface area contributed by atoms with Crippen LogP contribution in [0.4, 0.5) is 0 Å². The minimum Gasteiger partial charge on any atom is -0.724 e. The highest BCUT2D eigenvalue weighted by Crippen LogP contribution is 2.22. The summed E-state index contributed by atoms with van der Waals surface area (Å²) in [6.07, 6.45) is 1.00. The fourth-order valence-corrected chi connectivity index (χ4v) is 1.68. The Morgan fingerprint density at radius 1 is 0.750 bits per heavy atom. The molecule has 0 atom stereocenters. The first-order valence-electron chi connectivity index (χ1n) is 5.83. The minimum absolute atomic E-state index is 0.484. The van der Waals surface area contributed by atoms with Crippen LogP contribution in [0, 0.1) is 0 Å². The summed E-state index contributed by atoms with van der Waals surface area (Å²) in [6.45, 7) is 2.24. The van der Waals surface area contributed by atoms with Crippen LogP contribution in [0.2, 0.25) is 0 Å².